The standard InChI is InChI=1S/C13H21NO.C2H6/c1-6-8-12(7-2)9-13(10(3)4)14-11(5)15;1-2/h7,9H,3,6,8H2,1-2,4-5H3,(H,14,15);1-2H3/b12-7-,13-9+;. The highest BCUT2D eigenvalue weighted by Crippen LogP contribution is 2.12. The van der Waals surface area contributed by atoms with E-state index in [1.807, 2.05) is 33.8 Å². The van der Waals surface area contributed by atoms with Crippen molar-refractivity contribution >= 4 is 5.91 Å². The number of nitrogens with one attached hydrogen (secondary N) is 1. The summed E-state index contributed by atoms with van der Waals surface area (Å²) in [6.07, 6.45) is 6.17. The molecule has 0 bridgehead atoms. The maximum atomic E-state index is 11.0. The summed E-state index contributed by atoms with van der Waals surface area (Å²) in [5.41, 5.74) is 2.91. The van der Waals surface area contributed by atoms with Crippen LogP contribution in [0.15, 0.2) is 35.6 Å². The highest BCUT2D eigenvalue weighted by atomic mass is 16.1. The normalized spacial score (nSPS) is 11.4. The largest absolute Gasteiger partial charge is 0.326 e. The summed E-state index contributed by atoms with van der Waals surface area (Å²) in [6, 6.07) is 0. The Hall–Kier alpha value is -1.31. The van der Waals surface area contributed by atoms with Crippen LogP contribution in [0.1, 0.15) is 54.4 Å². The minimum absolute atomic E-state index is 0.0591. The van der Waals surface area contributed by atoms with E-state index in [1.54, 1.807) is 0 Å². The van der Waals surface area contributed by atoms with Crippen molar-refractivity contribution in [1.29, 1.82) is 0 Å². The number of allylic oxidation sites excluding steroid dienone is 4. The van der Waals surface area contributed by atoms with Gasteiger partial charge in [-0.1, -0.05) is 45.4 Å². The van der Waals surface area contributed by atoms with Crippen LogP contribution in [0, 0.1) is 0 Å². The Morgan fingerprint density at radius 1 is 1.29 bits per heavy atom. The van der Waals surface area contributed by atoms with E-state index < -0.39 is 0 Å². The van der Waals surface area contributed by atoms with Crippen LogP contribution in [0.2, 0.25) is 0 Å². The van der Waals surface area contributed by atoms with Crippen LogP contribution < -0.4 is 5.32 Å². The lowest BCUT2D eigenvalue weighted by atomic mass is 10.1. The van der Waals surface area contributed by atoms with E-state index in [0.29, 0.717) is 0 Å². The highest BCUT2D eigenvalue weighted by molar-refractivity contribution is 5.76. The highest BCUT2D eigenvalue weighted by Gasteiger charge is 2.01. The molecule has 0 aliphatic heterocycles. The van der Waals surface area contributed by atoms with Crippen molar-refractivity contribution in [3.8, 4) is 0 Å². The third-order valence-corrected chi connectivity index (χ3v) is 2.01. The number of amides is 1. The second-order valence-electron chi connectivity index (χ2n) is 3.63. The second kappa shape index (κ2) is 11.2. The van der Waals surface area contributed by atoms with Gasteiger partial charge in [0.05, 0.1) is 0 Å². The lowest BCUT2D eigenvalue weighted by molar-refractivity contribution is -0.118. The molecule has 0 fully saturated rings. The molecule has 0 aromatic heterocycles. The second-order valence-corrected chi connectivity index (χ2v) is 3.63. The van der Waals surface area contributed by atoms with E-state index in [9.17, 15) is 4.79 Å². The zero-order valence-corrected chi connectivity index (χ0v) is 12.2. The molecule has 0 aliphatic carbocycles. The van der Waals surface area contributed by atoms with Crippen molar-refractivity contribution in [1.82, 2.24) is 5.32 Å². The third kappa shape index (κ3) is 9.61. The van der Waals surface area contributed by atoms with Crippen molar-refractivity contribution in [3.05, 3.63) is 35.6 Å². The molecule has 0 aromatic rings. The van der Waals surface area contributed by atoms with Crippen LogP contribution in [-0.4, -0.2) is 5.91 Å². The predicted octanol–water partition coefficient (Wildman–Crippen LogP) is 4.36. The summed E-state index contributed by atoms with van der Waals surface area (Å²) in [4.78, 5) is 11.0. The summed E-state index contributed by atoms with van der Waals surface area (Å²) in [5, 5.41) is 2.78. The number of hydrogen-bond donors (Lipinski definition) is 1. The molecule has 98 valence electrons. The van der Waals surface area contributed by atoms with Gasteiger partial charge in [-0.25, -0.2) is 0 Å². The molecule has 2 heteroatoms. The Bertz CT molecular complexity index is 298. The molecule has 0 saturated carbocycles. The van der Waals surface area contributed by atoms with Gasteiger partial charge < -0.3 is 5.32 Å². The first kappa shape index (κ1) is 18.1. The molecular formula is C15H27NO. The van der Waals surface area contributed by atoms with Gasteiger partial charge in [-0.15, -0.1) is 0 Å². The van der Waals surface area contributed by atoms with Gasteiger partial charge in [0.1, 0.15) is 0 Å². The predicted molar refractivity (Wildman–Crippen MR) is 76.7 cm³/mol. The fraction of sp³-hybridized carbons (Fsp3) is 0.533. The van der Waals surface area contributed by atoms with Crippen LogP contribution in [0.4, 0.5) is 0 Å². The summed E-state index contributed by atoms with van der Waals surface area (Å²) in [5.74, 6) is -0.0591. The molecule has 0 heterocycles. The lowest BCUT2D eigenvalue weighted by Gasteiger charge is -2.09. The Labute approximate surface area is 106 Å². The zero-order chi connectivity index (χ0) is 13.8. The molecule has 0 rings (SSSR count). The van der Waals surface area contributed by atoms with E-state index in [-0.39, 0.29) is 5.91 Å². The maximum absolute atomic E-state index is 11.0. The Morgan fingerprint density at radius 3 is 2.12 bits per heavy atom. The molecular weight excluding hydrogens is 210 g/mol. The molecule has 0 unspecified atom stereocenters. The zero-order valence-electron chi connectivity index (χ0n) is 12.2. The van der Waals surface area contributed by atoms with Crippen LogP contribution >= 0.6 is 0 Å². The molecule has 0 radical (unpaired) electrons. The van der Waals surface area contributed by atoms with E-state index in [2.05, 4.69) is 24.9 Å². The molecule has 1 N–H and O–H groups in total. The number of rotatable bonds is 5. The minimum Gasteiger partial charge on any atom is -0.326 e. The summed E-state index contributed by atoms with van der Waals surface area (Å²) in [6.45, 7) is 15.4. The fourth-order valence-corrected chi connectivity index (χ4v) is 1.23. The van der Waals surface area contributed by atoms with Crippen molar-refractivity contribution in [2.75, 3.05) is 0 Å². The van der Waals surface area contributed by atoms with Crippen LogP contribution in [0.5, 0.6) is 0 Å². The van der Waals surface area contributed by atoms with Crippen molar-refractivity contribution in [3.63, 3.8) is 0 Å². The van der Waals surface area contributed by atoms with Crippen LogP contribution in [-0.2, 0) is 4.79 Å². The molecule has 0 atom stereocenters. The van der Waals surface area contributed by atoms with Gasteiger partial charge in [0.2, 0.25) is 5.91 Å². The quantitative estimate of drug-likeness (QED) is 0.707. The summed E-state index contributed by atoms with van der Waals surface area (Å²) < 4.78 is 0. The molecule has 2 nitrogen and oxygen atoms in total. The van der Waals surface area contributed by atoms with Crippen molar-refractivity contribution < 1.29 is 4.79 Å². The fourth-order valence-electron chi connectivity index (χ4n) is 1.23. The SMILES string of the molecule is C=C(C)/C(=C\C(=C/C)CCC)NC(C)=O.CC. The van der Waals surface area contributed by atoms with Gasteiger partial charge in [-0.3, -0.25) is 4.79 Å². The molecule has 1 amide bonds. The smallest absolute Gasteiger partial charge is 0.221 e. The molecule has 0 spiro atoms. The first-order valence-corrected chi connectivity index (χ1v) is 6.31. The van der Waals surface area contributed by atoms with Crippen LogP contribution in [0.25, 0.3) is 0 Å². The van der Waals surface area contributed by atoms with E-state index in [1.165, 1.54) is 12.5 Å². The van der Waals surface area contributed by atoms with E-state index >= 15 is 0 Å². The maximum Gasteiger partial charge on any atom is 0.221 e. The molecule has 0 saturated heterocycles. The molecule has 0 aliphatic rings. The van der Waals surface area contributed by atoms with Gasteiger partial charge in [-0.05, 0) is 31.9 Å². The topological polar surface area (TPSA) is 29.1 Å². The van der Waals surface area contributed by atoms with E-state index in [4.69, 9.17) is 0 Å². The Morgan fingerprint density at radius 2 is 1.82 bits per heavy atom. The number of hydrogen-bond acceptors (Lipinski definition) is 1. The Balaban J connectivity index is 0. The van der Waals surface area contributed by atoms with Gasteiger partial charge in [0.25, 0.3) is 0 Å². The first-order chi connectivity index (χ1) is 8.01. The van der Waals surface area contributed by atoms with E-state index in [0.717, 1.165) is 24.1 Å². The monoisotopic (exact) mass is 237 g/mol. The van der Waals surface area contributed by atoms with Crippen molar-refractivity contribution in [2.24, 2.45) is 0 Å². The summed E-state index contributed by atoms with van der Waals surface area (Å²) in [7, 11) is 0. The minimum atomic E-state index is -0.0591. The van der Waals surface area contributed by atoms with Gasteiger partial charge >= 0.3 is 0 Å². The number of carbonyl (C=O) groups is 1. The first-order valence-electron chi connectivity index (χ1n) is 6.31. The van der Waals surface area contributed by atoms with Gasteiger partial charge in [0.15, 0.2) is 0 Å². The number of carbonyl (C=O) groups excluding carboxylic acids is 1. The third-order valence-electron chi connectivity index (χ3n) is 2.01. The Kier molecular flexibility index (Phi) is 11.9. The molecule has 0 aromatic carbocycles. The summed E-state index contributed by atoms with van der Waals surface area (Å²) >= 11 is 0. The van der Waals surface area contributed by atoms with Crippen molar-refractivity contribution in [2.45, 2.75) is 54.4 Å². The van der Waals surface area contributed by atoms with Gasteiger partial charge in [0, 0.05) is 12.6 Å². The molecule has 17 heavy (non-hydrogen) atoms. The van der Waals surface area contributed by atoms with Gasteiger partial charge in [-0.2, -0.15) is 0 Å². The van der Waals surface area contributed by atoms with Crippen LogP contribution in [0.3, 0.4) is 0 Å². The average molecular weight is 237 g/mol. The average Bonchev–Trinajstić information content (AvgIpc) is 2.29. The lowest BCUT2D eigenvalue weighted by Crippen LogP contribution is -2.19.